The molecule has 0 aromatic carbocycles. The first-order valence-corrected chi connectivity index (χ1v) is 8.12. The zero-order chi connectivity index (χ0) is 15.2. The van der Waals surface area contributed by atoms with Crippen LogP contribution in [0.15, 0.2) is 6.20 Å². The van der Waals surface area contributed by atoms with E-state index in [0.717, 1.165) is 34.9 Å². The molecule has 1 aromatic heterocycles. The summed E-state index contributed by atoms with van der Waals surface area (Å²) in [7, 11) is 1.67. The maximum atomic E-state index is 12.2. The third-order valence-electron chi connectivity index (χ3n) is 4.67. The molecule has 1 fully saturated rings. The lowest BCUT2D eigenvalue weighted by Crippen LogP contribution is -2.12. The summed E-state index contributed by atoms with van der Waals surface area (Å²) >= 11 is 0. The normalized spacial score (nSPS) is 16.0. The molecule has 1 aliphatic carbocycles. The standard InChI is InChI=1S/C18H27NO2/c1-13-12-19-17(14(2)18(13)21-3)11-16(20)10-9-15-7-5-4-6-8-15/h12,15H,4-11H2,1-3H3. The van der Waals surface area contributed by atoms with Crippen LogP contribution in [0.1, 0.15) is 61.8 Å². The van der Waals surface area contributed by atoms with Crippen LogP contribution in [0.3, 0.4) is 0 Å². The minimum Gasteiger partial charge on any atom is -0.496 e. The molecule has 3 heteroatoms. The molecular weight excluding hydrogens is 262 g/mol. The summed E-state index contributed by atoms with van der Waals surface area (Å²) in [6, 6.07) is 0. The van der Waals surface area contributed by atoms with Crippen LogP contribution in [0, 0.1) is 19.8 Å². The monoisotopic (exact) mass is 289 g/mol. The molecule has 1 aliphatic rings. The SMILES string of the molecule is COc1c(C)cnc(CC(=O)CCC2CCCCC2)c1C. The van der Waals surface area contributed by atoms with Crippen LogP contribution in [0.2, 0.25) is 0 Å². The number of ketones is 1. The van der Waals surface area contributed by atoms with E-state index in [1.165, 1.54) is 32.1 Å². The van der Waals surface area contributed by atoms with Crippen LogP contribution in [0.5, 0.6) is 5.75 Å². The molecule has 1 saturated carbocycles. The fourth-order valence-corrected chi connectivity index (χ4v) is 3.37. The van der Waals surface area contributed by atoms with Crippen molar-refractivity contribution >= 4 is 5.78 Å². The molecule has 0 radical (unpaired) electrons. The van der Waals surface area contributed by atoms with Crippen LogP contribution in [-0.2, 0) is 11.2 Å². The van der Waals surface area contributed by atoms with Crippen molar-refractivity contribution in [3.8, 4) is 5.75 Å². The number of carbonyl (C=O) groups is 1. The fraction of sp³-hybridized carbons (Fsp3) is 0.667. The van der Waals surface area contributed by atoms with Gasteiger partial charge in [0.25, 0.3) is 0 Å². The Morgan fingerprint density at radius 1 is 1.29 bits per heavy atom. The molecule has 2 rings (SSSR count). The molecule has 0 atom stereocenters. The predicted molar refractivity (Wildman–Crippen MR) is 84.8 cm³/mol. The van der Waals surface area contributed by atoms with Gasteiger partial charge in [-0.15, -0.1) is 0 Å². The second kappa shape index (κ2) is 7.58. The highest BCUT2D eigenvalue weighted by atomic mass is 16.5. The van der Waals surface area contributed by atoms with Gasteiger partial charge in [-0.05, 0) is 26.2 Å². The van der Waals surface area contributed by atoms with Gasteiger partial charge < -0.3 is 4.74 Å². The number of hydrogen-bond acceptors (Lipinski definition) is 3. The Morgan fingerprint density at radius 2 is 2.00 bits per heavy atom. The number of pyridine rings is 1. The number of Topliss-reactive ketones (excluding diaryl/α,β-unsaturated/α-hetero) is 1. The van der Waals surface area contributed by atoms with E-state index in [4.69, 9.17) is 4.74 Å². The van der Waals surface area contributed by atoms with E-state index in [1.54, 1.807) is 13.3 Å². The topological polar surface area (TPSA) is 39.2 Å². The van der Waals surface area contributed by atoms with Crippen molar-refractivity contribution in [2.75, 3.05) is 7.11 Å². The molecule has 0 spiro atoms. The van der Waals surface area contributed by atoms with Crippen LogP contribution >= 0.6 is 0 Å². The average molecular weight is 289 g/mol. The van der Waals surface area contributed by atoms with Crippen molar-refractivity contribution in [1.29, 1.82) is 0 Å². The highest BCUT2D eigenvalue weighted by molar-refractivity contribution is 5.81. The zero-order valence-electron chi connectivity index (χ0n) is 13.6. The van der Waals surface area contributed by atoms with Gasteiger partial charge in [0.1, 0.15) is 11.5 Å². The molecule has 0 bridgehead atoms. The van der Waals surface area contributed by atoms with Gasteiger partial charge >= 0.3 is 0 Å². The van der Waals surface area contributed by atoms with E-state index < -0.39 is 0 Å². The van der Waals surface area contributed by atoms with Gasteiger partial charge in [0.2, 0.25) is 0 Å². The van der Waals surface area contributed by atoms with Gasteiger partial charge in [-0.3, -0.25) is 9.78 Å². The molecule has 1 aromatic rings. The van der Waals surface area contributed by atoms with E-state index in [2.05, 4.69) is 4.98 Å². The Bertz CT molecular complexity index is 490. The number of ether oxygens (including phenoxy) is 1. The van der Waals surface area contributed by atoms with Gasteiger partial charge in [-0.25, -0.2) is 0 Å². The summed E-state index contributed by atoms with van der Waals surface area (Å²) in [5, 5.41) is 0. The second-order valence-electron chi connectivity index (χ2n) is 6.30. The first-order valence-electron chi connectivity index (χ1n) is 8.12. The van der Waals surface area contributed by atoms with Crippen LogP contribution in [0.25, 0.3) is 0 Å². The van der Waals surface area contributed by atoms with Crippen molar-refractivity contribution in [1.82, 2.24) is 4.98 Å². The molecule has 0 unspecified atom stereocenters. The van der Waals surface area contributed by atoms with E-state index in [1.807, 2.05) is 13.8 Å². The number of hydrogen-bond donors (Lipinski definition) is 0. The zero-order valence-corrected chi connectivity index (χ0v) is 13.6. The van der Waals surface area contributed by atoms with Crippen molar-refractivity contribution in [2.24, 2.45) is 5.92 Å². The average Bonchev–Trinajstić information content (AvgIpc) is 2.50. The maximum absolute atomic E-state index is 12.2. The number of nitrogens with zero attached hydrogens (tertiary/aromatic N) is 1. The van der Waals surface area contributed by atoms with Gasteiger partial charge in [0.05, 0.1) is 12.8 Å². The summed E-state index contributed by atoms with van der Waals surface area (Å²) in [5.41, 5.74) is 2.89. The number of aryl methyl sites for hydroxylation is 1. The summed E-state index contributed by atoms with van der Waals surface area (Å²) in [5.74, 6) is 1.94. The number of rotatable bonds is 6. The van der Waals surface area contributed by atoms with Crippen molar-refractivity contribution < 1.29 is 9.53 Å². The second-order valence-corrected chi connectivity index (χ2v) is 6.30. The first-order chi connectivity index (χ1) is 10.1. The van der Waals surface area contributed by atoms with Crippen molar-refractivity contribution in [3.05, 3.63) is 23.0 Å². The molecule has 21 heavy (non-hydrogen) atoms. The Balaban J connectivity index is 1.90. The third-order valence-corrected chi connectivity index (χ3v) is 4.67. The Morgan fingerprint density at radius 3 is 2.67 bits per heavy atom. The van der Waals surface area contributed by atoms with Gasteiger partial charge in [-0.2, -0.15) is 0 Å². The van der Waals surface area contributed by atoms with Crippen molar-refractivity contribution in [3.63, 3.8) is 0 Å². The van der Waals surface area contributed by atoms with Gasteiger partial charge in [0, 0.05) is 30.2 Å². The molecule has 3 nitrogen and oxygen atoms in total. The summed E-state index contributed by atoms with van der Waals surface area (Å²) in [6.07, 6.45) is 10.7. The first kappa shape index (κ1) is 16.0. The Hall–Kier alpha value is -1.38. The lowest BCUT2D eigenvalue weighted by molar-refractivity contribution is -0.118. The Labute approximate surface area is 128 Å². The van der Waals surface area contributed by atoms with Crippen molar-refractivity contribution in [2.45, 2.75) is 65.2 Å². The molecule has 116 valence electrons. The van der Waals surface area contributed by atoms with E-state index in [-0.39, 0.29) is 0 Å². The number of methoxy groups -OCH3 is 1. The maximum Gasteiger partial charge on any atom is 0.138 e. The highest BCUT2D eigenvalue weighted by Gasteiger charge is 2.17. The molecular formula is C18H27NO2. The van der Waals surface area contributed by atoms with E-state index in [0.29, 0.717) is 18.6 Å². The van der Waals surface area contributed by atoms with Gasteiger partial charge in [0.15, 0.2) is 0 Å². The summed E-state index contributed by atoms with van der Waals surface area (Å²) in [4.78, 5) is 16.6. The minimum atomic E-state index is 0.307. The van der Waals surface area contributed by atoms with Crippen LogP contribution < -0.4 is 4.74 Å². The number of aromatic nitrogens is 1. The number of carbonyl (C=O) groups excluding carboxylic acids is 1. The van der Waals surface area contributed by atoms with E-state index >= 15 is 0 Å². The van der Waals surface area contributed by atoms with Gasteiger partial charge in [-0.1, -0.05) is 32.1 Å². The molecule has 0 aliphatic heterocycles. The molecule has 0 saturated heterocycles. The molecule has 0 amide bonds. The predicted octanol–water partition coefficient (Wildman–Crippen LogP) is 4.18. The third kappa shape index (κ3) is 4.29. The minimum absolute atomic E-state index is 0.307. The van der Waals surface area contributed by atoms with E-state index in [9.17, 15) is 4.79 Å². The quantitative estimate of drug-likeness (QED) is 0.788. The highest BCUT2D eigenvalue weighted by Crippen LogP contribution is 2.28. The smallest absolute Gasteiger partial charge is 0.138 e. The lowest BCUT2D eigenvalue weighted by Gasteiger charge is -2.21. The Kier molecular flexibility index (Phi) is 5.77. The largest absolute Gasteiger partial charge is 0.496 e. The van der Waals surface area contributed by atoms with Crippen LogP contribution in [0.4, 0.5) is 0 Å². The summed E-state index contributed by atoms with van der Waals surface area (Å²) < 4.78 is 5.40. The summed E-state index contributed by atoms with van der Waals surface area (Å²) in [6.45, 7) is 3.97. The fourth-order valence-electron chi connectivity index (χ4n) is 3.37. The lowest BCUT2D eigenvalue weighted by atomic mass is 9.85. The molecule has 0 N–H and O–H groups in total. The molecule has 1 heterocycles. The van der Waals surface area contributed by atoms with Crippen LogP contribution in [-0.4, -0.2) is 17.9 Å².